The maximum Gasteiger partial charge on any atom is 0.328 e. The van der Waals surface area contributed by atoms with Crippen molar-refractivity contribution in [2.75, 3.05) is 26.2 Å². The van der Waals surface area contributed by atoms with Crippen LogP contribution in [0.25, 0.3) is 0 Å². The number of nitrogens with one attached hydrogen (secondary N) is 2. The van der Waals surface area contributed by atoms with E-state index in [0.717, 1.165) is 50.7 Å². The van der Waals surface area contributed by atoms with Crippen LogP contribution in [0.2, 0.25) is 0 Å². The second kappa shape index (κ2) is 27.6. The number of allylic oxidation sites excluding steroid dienone is 12. The summed E-state index contributed by atoms with van der Waals surface area (Å²) in [5.74, 6) is -1.90. The van der Waals surface area contributed by atoms with Crippen LogP contribution in [0.15, 0.2) is 85.1 Å². The Balaban J connectivity index is 3.85. The first-order valence-electron chi connectivity index (χ1n) is 14.5. The van der Waals surface area contributed by atoms with Gasteiger partial charge in [-0.1, -0.05) is 79.8 Å². The van der Waals surface area contributed by atoms with Gasteiger partial charge in [0, 0.05) is 51.7 Å². The van der Waals surface area contributed by atoms with Crippen molar-refractivity contribution in [3.8, 4) is 0 Å². The van der Waals surface area contributed by atoms with Gasteiger partial charge in [-0.3, -0.25) is 14.4 Å². The molecule has 0 unspecified atom stereocenters. The zero-order valence-electron chi connectivity index (χ0n) is 24.8. The number of carbonyl (C=O) groups excluding carboxylic acids is 3. The van der Waals surface area contributed by atoms with E-state index < -0.39 is 11.9 Å². The lowest BCUT2D eigenvalue weighted by Crippen LogP contribution is -2.38. The van der Waals surface area contributed by atoms with E-state index >= 15 is 0 Å². The lowest BCUT2D eigenvalue weighted by Gasteiger charge is -2.21. The van der Waals surface area contributed by atoms with E-state index in [1.54, 1.807) is 4.90 Å². The third kappa shape index (κ3) is 27.4. The number of carbonyl (C=O) groups is 4. The minimum Gasteiger partial charge on any atom is -0.478 e. The second-order valence-corrected chi connectivity index (χ2v) is 9.13. The third-order valence-corrected chi connectivity index (χ3v) is 5.57. The number of nitrogens with zero attached hydrogens (tertiary/aromatic N) is 1. The fourth-order valence-electron chi connectivity index (χ4n) is 3.39. The Bertz CT molecular complexity index is 958. The highest BCUT2D eigenvalue weighted by atomic mass is 16.4. The standard InChI is InChI=1S/C33H49N3O5/c1-3-4-5-6-7-8-9-10-11-12-13-14-15-16-17-18-19-20-21-23-31(38)34-26-22-28-36(30(2)37)29-27-35-32(39)24-25-33(40)41/h4-5,7-8,10-11,13-14,16-17,19-20,24-25H,3,6,9,12,15,18,21-23,26-29H2,1-2H3,(H,34,38)(H,35,39)(H,40,41). The molecule has 0 atom stereocenters. The molecule has 0 aromatic heterocycles. The molecule has 0 aliphatic rings. The number of rotatable bonds is 23. The Hall–Kier alpha value is -3.94. The van der Waals surface area contributed by atoms with E-state index in [1.165, 1.54) is 6.92 Å². The molecule has 3 amide bonds. The van der Waals surface area contributed by atoms with Crippen LogP contribution in [-0.2, 0) is 19.2 Å². The quantitative estimate of drug-likeness (QED) is 0.0847. The van der Waals surface area contributed by atoms with Gasteiger partial charge in [-0.15, -0.1) is 0 Å². The normalized spacial score (nSPS) is 12.2. The highest BCUT2D eigenvalue weighted by Crippen LogP contribution is 1.98. The van der Waals surface area contributed by atoms with Crippen molar-refractivity contribution in [1.82, 2.24) is 15.5 Å². The molecule has 0 aromatic rings. The molecular weight excluding hydrogens is 518 g/mol. The summed E-state index contributed by atoms with van der Waals surface area (Å²) in [6.07, 6.45) is 34.9. The lowest BCUT2D eigenvalue weighted by molar-refractivity contribution is -0.131. The molecule has 0 saturated heterocycles. The average molecular weight is 568 g/mol. The topological polar surface area (TPSA) is 116 Å². The number of carboxylic acid groups (broad SMARTS) is 1. The molecule has 0 aliphatic carbocycles. The van der Waals surface area contributed by atoms with Crippen molar-refractivity contribution in [2.24, 2.45) is 0 Å². The van der Waals surface area contributed by atoms with Crippen LogP contribution in [0.4, 0.5) is 0 Å². The molecule has 0 heterocycles. The van der Waals surface area contributed by atoms with Crippen molar-refractivity contribution in [3.05, 3.63) is 85.1 Å². The average Bonchev–Trinajstić information content (AvgIpc) is 2.94. The van der Waals surface area contributed by atoms with Gasteiger partial charge in [-0.05, 0) is 51.4 Å². The molecule has 0 spiro atoms. The lowest BCUT2D eigenvalue weighted by atomic mass is 10.2. The zero-order chi connectivity index (χ0) is 30.4. The molecule has 0 rings (SSSR count). The van der Waals surface area contributed by atoms with Crippen LogP contribution in [-0.4, -0.2) is 59.9 Å². The third-order valence-electron chi connectivity index (χ3n) is 5.57. The van der Waals surface area contributed by atoms with Gasteiger partial charge in [0.1, 0.15) is 0 Å². The summed E-state index contributed by atoms with van der Waals surface area (Å²) in [6.45, 7) is 5.00. The summed E-state index contributed by atoms with van der Waals surface area (Å²) in [5.41, 5.74) is 0. The summed E-state index contributed by atoms with van der Waals surface area (Å²) >= 11 is 0. The molecule has 0 saturated carbocycles. The maximum absolute atomic E-state index is 12.0. The number of hydrogen-bond donors (Lipinski definition) is 3. The van der Waals surface area contributed by atoms with Crippen molar-refractivity contribution in [1.29, 1.82) is 0 Å². The minimum atomic E-state index is -1.20. The molecule has 0 aromatic carbocycles. The van der Waals surface area contributed by atoms with Crippen LogP contribution < -0.4 is 10.6 Å². The monoisotopic (exact) mass is 567 g/mol. The molecular formula is C33H49N3O5. The van der Waals surface area contributed by atoms with Crippen LogP contribution in [0.1, 0.15) is 71.6 Å². The first-order chi connectivity index (χ1) is 19.9. The molecule has 0 radical (unpaired) electrons. The van der Waals surface area contributed by atoms with E-state index in [4.69, 9.17) is 5.11 Å². The molecule has 3 N–H and O–H groups in total. The van der Waals surface area contributed by atoms with E-state index in [-0.39, 0.29) is 18.4 Å². The number of hydrogen-bond acceptors (Lipinski definition) is 4. The van der Waals surface area contributed by atoms with Gasteiger partial charge in [0.05, 0.1) is 0 Å². The van der Waals surface area contributed by atoms with E-state index in [1.807, 2.05) is 6.08 Å². The van der Waals surface area contributed by atoms with Gasteiger partial charge in [0.2, 0.25) is 17.7 Å². The first-order valence-corrected chi connectivity index (χ1v) is 14.5. The van der Waals surface area contributed by atoms with Crippen LogP contribution in [0.3, 0.4) is 0 Å². The Morgan fingerprint density at radius 1 is 0.659 bits per heavy atom. The fraction of sp³-hybridized carbons (Fsp3) is 0.455. The van der Waals surface area contributed by atoms with Crippen molar-refractivity contribution >= 4 is 23.7 Å². The first kappa shape index (κ1) is 37.1. The maximum atomic E-state index is 12.0. The van der Waals surface area contributed by atoms with Crippen LogP contribution in [0.5, 0.6) is 0 Å². The number of carboxylic acids is 1. The smallest absolute Gasteiger partial charge is 0.328 e. The van der Waals surface area contributed by atoms with Gasteiger partial charge in [0.25, 0.3) is 0 Å². The van der Waals surface area contributed by atoms with Gasteiger partial charge < -0.3 is 20.6 Å². The summed E-state index contributed by atoms with van der Waals surface area (Å²) in [5, 5.41) is 13.9. The highest BCUT2D eigenvalue weighted by Gasteiger charge is 2.09. The summed E-state index contributed by atoms with van der Waals surface area (Å²) in [6, 6.07) is 0. The zero-order valence-corrected chi connectivity index (χ0v) is 24.8. The van der Waals surface area contributed by atoms with Crippen molar-refractivity contribution < 1.29 is 24.3 Å². The Kier molecular flexibility index (Phi) is 25.0. The summed E-state index contributed by atoms with van der Waals surface area (Å²) < 4.78 is 0. The largest absolute Gasteiger partial charge is 0.478 e. The van der Waals surface area contributed by atoms with Crippen molar-refractivity contribution in [3.63, 3.8) is 0 Å². The molecule has 226 valence electrons. The second-order valence-electron chi connectivity index (χ2n) is 9.13. The molecule has 8 nitrogen and oxygen atoms in total. The Morgan fingerprint density at radius 3 is 1.66 bits per heavy atom. The van der Waals surface area contributed by atoms with E-state index in [2.05, 4.69) is 84.4 Å². The van der Waals surface area contributed by atoms with Gasteiger partial charge in [-0.25, -0.2) is 4.79 Å². The van der Waals surface area contributed by atoms with Crippen LogP contribution >= 0.6 is 0 Å². The number of aliphatic carboxylic acids is 1. The summed E-state index contributed by atoms with van der Waals surface area (Å²) in [7, 11) is 0. The summed E-state index contributed by atoms with van der Waals surface area (Å²) in [4.78, 5) is 47.2. The molecule has 0 bridgehead atoms. The molecule has 0 fully saturated rings. The Morgan fingerprint density at radius 2 is 1.17 bits per heavy atom. The SMILES string of the molecule is CCC=CCC=CCC=CCC=CCC=CCC=CCCC(=O)NCCCN(CCNC(=O)C=CC(=O)O)C(C)=O. The molecule has 41 heavy (non-hydrogen) atoms. The molecule has 0 aliphatic heterocycles. The minimum absolute atomic E-state index is 0.0311. The predicted molar refractivity (Wildman–Crippen MR) is 167 cm³/mol. The van der Waals surface area contributed by atoms with Gasteiger partial charge >= 0.3 is 5.97 Å². The van der Waals surface area contributed by atoms with Crippen LogP contribution in [0, 0.1) is 0 Å². The van der Waals surface area contributed by atoms with E-state index in [0.29, 0.717) is 38.9 Å². The Labute approximate surface area is 246 Å². The fourth-order valence-corrected chi connectivity index (χ4v) is 3.39. The van der Waals surface area contributed by atoms with Gasteiger partial charge in [0.15, 0.2) is 0 Å². The van der Waals surface area contributed by atoms with Crippen molar-refractivity contribution in [2.45, 2.75) is 71.6 Å². The van der Waals surface area contributed by atoms with Gasteiger partial charge in [-0.2, -0.15) is 0 Å². The highest BCUT2D eigenvalue weighted by molar-refractivity contribution is 5.93. The predicted octanol–water partition coefficient (Wildman–Crippen LogP) is 5.58. The van der Waals surface area contributed by atoms with E-state index in [9.17, 15) is 19.2 Å². The molecule has 8 heteroatoms. The number of amides is 3.